The van der Waals surface area contributed by atoms with Gasteiger partial charge >= 0.3 is 0 Å². The molecule has 180 valence electrons. The van der Waals surface area contributed by atoms with Gasteiger partial charge in [0.25, 0.3) is 5.91 Å². The molecule has 3 heterocycles. The standard InChI is InChI=1S/C28H26N6O2/c1-18-17-36-11-10-34(18)28(35)23-12-20-2-3-21(13-22(20)14-23)27-29-9-8-26(33-27)32-25-6-4-19(5-7-25)24-15-30-31-16-24/h2-9,12-13,15-16,18H,10-11,14,17H2,1H3,(H,30,31)(H,29,32,33). The molecular formula is C28H26N6O2. The van der Waals surface area contributed by atoms with Crippen molar-refractivity contribution >= 4 is 23.5 Å². The molecule has 0 bridgehead atoms. The van der Waals surface area contributed by atoms with Crippen molar-refractivity contribution in [2.45, 2.75) is 19.4 Å². The molecule has 1 amide bonds. The van der Waals surface area contributed by atoms with Gasteiger partial charge in [-0.05, 0) is 54.0 Å². The van der Waals surface area contributed by atoms with Crippen LogP contribution in [0.3, 0.4) is 0 Å². The van der Waals surface area contributed by atoms with Crippen molar-refractivity contribution in [3.8, 4) is 22.5 Å². The molecule has 1 unspecified atom stereocenters. The third-order valence-corrected chi connectivity index (χ3v) is 6.66. The van der Waals surface area contributed by atoms with Gasteiger partial charge in [0.1, 0.15) is 5.82 Å². The molecule has 6 rings (SSSR count). The average Bonchev–Trinajstić information content (AvgIpc) is 3.59. The zero-order valence-corrected chi connectivity index (χ0v) is 19.9. The fourth-order valence-corrected chi connectivity index (χ4v) is 4.70. The van der Waals surface area contributed by atoms with E-state index in [1.807, 2.05) is 66.6 Å². The smallest absolute Gasteiger partial charge is 0.250 e. The molecule has 1 aliphatic heterocycles. The van der Waals surface area contributed by atoms with Gasteiger partial charge in [0.05, 0.1) is 25.5 Å². The van der Waals surface area contributed by atoms with E-state index in [1.165, 1.54) is 0 Å². The molecule has 1 saturated heterocycles. The van der Waals surface area contributed by atoms with Crippen LogP contribution in [0.25, 0.3) is 28.6 Å². The maximum Gasteiger partial charge on any atom is 0.250 e. The molecule has 0 radical (unpaired) electrons. The summed E-state index contributed by atoms with van der Waals surface area (Å²) in [4.78, 5) is 24.2. The number of hydrogen-bond donors (Lipinski definition) is 2. The van der Waals surface area contributed by atoms with Gasteiger partial charge in [0.15, 0.2) is 5.82 Å². The van der Waals surface area contributed by atoms with Crippen molar-refractivity contribution in [2.75, 3.05) is 25.1 Å². The minimum absolute atomic E-state index is 0.0944. The summed E-state index contributed by atoms with van der Waals surface area (Å²) < 4.78 is 5.48. The second-order valence-corrected chi connectivity index (χ2v) is 9.14. The monoisotopic (exact) mass is 478 g/mol. The highest BCUT2D eigenvalue weighted by Crippen LogP contribution is 2.31. The van der Waals surface area contributed by atoms with E-state index in [2.05, 4.69) is 26.6 Å². The summed E-state index contributed by atoms with van der Waals surface area (Å²) in [6.45, 7) is 3.85. The molecule has 8 heteroatoms. The quantitative estimate of drug-likeness (QED) is 0.440. The summed E-state index contributed by atoms with van der Waals surface area (Å²) in [6, 6.07) is 16.2. The maximum absolute atomic E-state index is 13.1. The average molecular weight is 479 g/mol. The number of nitrogens with one attached hydrogen (secondary N) is 2. The van der Waals surface area contributed by atoms with Crippen molar-refractivity contribution in [3.05, 3.63) is 83.8 Å². The summed E-state index contributed by atoms with van der Waals surface area (Å²) in [5, 5.41) is 10.2. The highest BCUT2D eigenvalue weighted by molar-refractivity contribution is 6.00. The minimum atomic E-state index is 0.0944. The molecule has 2 aliphatic rings. The largest absolute Gasteiger partial charge is 0.377 e. The van der Waals surface area contributed by atoms with Crippen molar-refractivity contribution in [1.82, 2.24) is 25.1 Å². The molecule has 1 atom stereocenters. The lowest BCUT2D eigenvalue weighted by Gasteiger charge is -2.33. The van der Waals surface area contributed by atoms with E-state index in [9.17, 15) is 4.79 Å². The number of rotatable bonds is 5. The van der Waals surface area contributed by atoms with E-state index in [4.69, 9.17) is 9.72 Å². The Morgan fingerprint density at radius 3 is 2.78 bits per heavy atom. The van der Waals surface area contributed by atoms with E-state index in [-0.39, 0.29) is 11.9 Å². The van der Waals surface area contributed by atoms with Gasteiger partial charge in [0, 0.05) is 47.7 Å². The molecule has 0 spiro atoms. The normalized spacial score (nSPS) is 17.0. The first kappa shape index (κ1) is 22.2. The van der Waals surface area contributed by atoms with Gasteiger partial charge in [-0.3, -0.25) is 9.89 Å². The van der Waals surface area contributed by atoms with Crippen molar-refractivity contribution < 1.29 is 9.53 Å². The van der Waals surface area contributed by atoms with E-state index in [1.54, 1.807) is 12.4 Å². The Hall–Kier alpha value is -4.30. The zero-order chi connectivity index (χ0) is 24.5. The summed E-state index contributed by atoms with van der Waals surface area (Å²) in [7, 11) is 0. The first-order valence-electron chi connectivity index (χ1n) is 12.1. The van der Waals surface area contributed by atoms with Crippen LogP contribution in [0.1, 0.15) is 18.1 Å². The number of morpholine rings is 1. The molecule has 1 fully saturated rings. The lowest BCUT2D eigenvalue weighted by atomic mass is 10.0. The second-order valence-electron chi connectivity index (χ2n) is 9.14. The molecule has 2 aromatic heterocycles. The number of fused-ring (bicyclic) bond motifs is 1. The van der Waals surface area contributed by atoms with Crippen LogP contribution in [-0.2, 0) is 16.0 Å². The third-order valence-electron chi connectivity index (χ3n) is 6.66. The number of hydrogen-bond acceptors (Lipinski definition) is 6. The van der Waals surface area contributed by atoms with Crippen molar-refractivity contribution in [1.29, 1.82) is 0 Å². The third kappa shape index (κ3) is 4.38. The Morgan fingerprint density at radius 2 is 1.97 bits per heavy atom. The van der Waals surface area contributed by atoms with Gasteiger partial charge in [-0.25, -0.2) is 9.97 Å². The number of aromatic amines is 1. The van der Waals surface area contributed by atoms with Crippen molar-refractivity contribution in [2.24, 2.45) is 0 Å². The molecule has 4 aromatic rings. The predicted octanol–water partition coefficient (Wildman–Crippen LogP) is 4.46. The first-order chi connectivity index (χ1) is 17.6. The van der Waals surface area contributed by atoms with Gasteiger partial charge in [0.2, 0.25) is 0 Å². The Kier molecular flexibility index (Phi) is 5.79. The van der Waals surface area contributed by atoms with Crippen LogP contribution in [0.2, 0.25) is 0 Å². The number of aromatic nitrogens is 4. The van der Waals surface area contributed by atoms with Gasteiger partial charge in [-0.15, -0.1) is 0 Å². The van der Waals surface area contributed by atoms with E-state index < -0.39 is 0 Å². The van der Waals surface area contributed by atoms with E-state index in [0.717, 1.165) is 39.1 Å². The van der Waals surface area contributed by atoms with Crippen LogP contribution in [0, 0.1) is 0 Å². The number of benzene rings is 2. The van der Waals surface area contributed by atoms with Gasteiger partial charge < -0.3 is 15.0 Å². The van der Waals surface area contributed by atoms with E-state index >= 15 is 0 Å². The fourth-order valence-electron chi connectivity index (χ4n) is 4.70. The predicted molar refractivity (Wildman–Crippen MR) is 138 cm³/mol. The van der Waals surface area contributed by atoms with Gasteiger partial charge in [-0.2, -0.15) is 5.10 Å². The number of carbonyl (C=O) groups excluding carboxylic acids is 1. The van der Waals surface area contributed by atoms with Crippen LogP contribution in [0.4, 0.5) is 11.5 Å². The molecule has 8 nitrogen and oxygen atoms in total. The van der Waals surface area contributed by atoms with Crippen molar-refractivity contribution in [3.63, 3.8) is 0 Å². The van der Waals surface area contributed by atoms with Crippen LogP contribution in [0.5, 0.6) is 0 Å². The van der Waals surface area contributed by atoms with Gasteiger partial charge in [-0.1, -0.05) is 24.3 Å². The molecule has 1 aliphatic carbocycles. The maximum atomic E-state index is 13.1. The Labute approximate surface area is 209 Å². The van der Waals surface area contributed by atoms with E-state index in [0.29, 0.717) is 37.8 Å². The van der Waals surface area contributed by atoms with Crippen LogP contribution in [0.15, 0.2) is 72.7 Å². The summed E-state index contributed by atoms with van der Waals surface area (Å²) in [5.74, 6) is 1.45. The lowest BCUT2D eigenvalue weighted by molar-refractivity contribution is -0.134. The molecule has 2 aromatic carbocycles. The number of ether oxygens (including phenoxy) is 1. The lowest BCUT2D eigenvalue weighted by Crippen LogP contribution is -2.47. The summed E-state index contributed by atoms with van der Waals surface area (Å²) >= 11 is 0. The first-order valence-corrected chi connectivity index (χ1v) is 12.1. The Balaban J connectivity index is 1.17. The summed E-state index contributed by atoms with van der Waals surface area (Å²) in [6.07, 6.45) is 8.05. The number of nitrogens with zero attached hydrogens (tertiary/aromatic N) is 4. The topological polar surface area (TPSA) is 96.0 Å². The Morgan fingerprint density at radius 1 is 1.11 bits per heavy atom. The minimum Gasteiger partial charge on any atom is -0.377 e. The summed E-state index contributed by atoms with van der Waals surface area (Å²) in [5.41, 5.74) is 7.02. The number of carbonyl (C=O) groups is 1. The molecule has 36 heavy (non-hydrogen) atoms. The zero-order valence-electron chi connectivity index (χ0n) is 19.9. The number of H-pyrrole nitrogens is 1. The highest BCUT2D eigenvalue weighted by Gasteiger charge is 2.28. The van der Waals surface area contributed by atoms with Crippen LogP contribution < -0.4 is 5.32 Å². The number of amides is 1. The Bertz CT molecular complexity index is 1430. The molecular weight excluding hydrogens is 452 g/mol. The molecule has 2 N–H and O–H groups in total. The fraction of sp³-hybridized carbons (Fsp3) is 0.214. The molecule has 0 saturated carbocycles. The SMILES string of the molecule is CC1COCCN1C(=O)C1=Cc2ccc(-c3nccc(Nc4ccc(-c5cn[nH]c5)cc4)n3)cc2C1. The van der Waals surface area contributed by atoms with Crippen LogP contribution >= 0.6 is 0 Å². The second kappa shape index (κ2) is 9.39. The number of anilines is 2. The highest BCUT2D eigenvalue weighted by atomic mass is 16.5. The van der Waals surface area contributed by atoms with Crippen LogP contribution in [-0.4, -0.2) is 56.8 Å².